The molecule has 0 heterocycles. The molecule has 0 bridgehead atoms. The van der Waals surface area contributed by atoms with Gasteiger partial charge in [0.2, 0.25) is 0 Å². The third-order valence-electron chi connectivity index (χ3n) is 2.55. The molecular weight excluding hydrogens is 235 g/mol. The van der Waals surface area contributed by atoms with Crippen molar-refractivity contribution in [3.05, 3.63) is 24.3 Å². The number of alkyl halides is 2. The van der Waals surface area contributed by atoms with E-state index < -0.39 is 0 Å². The van der Waals surface area contributed by atoms with Gasteiger partial charge in [-0.15, -0.1) is 11.6 Å². The first kappa shape index (κ1) is 10.3. The van der Waals surface area contributed by atoms with Crippen LogP contribution in [0.5, 0.6) is 0 Å². The minimum absolute atomic E-state index is 0.0770. The summed E-state index contributed by atoms with van der Waals surface area (Å²) in [6.45, 7) is 8.12. The summed E-state index contributed by atoms with van der Waals surface area (Å²) in [7, 11) is 0. The van der Waals surface area contributed by atoms with Gasteiger partial charge in [-0.3, -0.25) is 0 Å². The van der Waals surface area contributed by atoms with Crippen LogP contribution in [-0.2, 0) is 0 Å². The highest BCUT2D eigenvalue weighted by Crippen LogP contribution is 2.43. The maximum absolute atomic E-state index is 6.30. The first-order chi connectivity index (χ1) is 5.50. The lowest BCUT2D eigenvalue weighted by Crippen LogP contribution is -2.37. The highest BCUT2D eigenvalue weighted by atomic mass is 79.9. The maximum atomic E-state index is 6.30. The summed E-state index contributed by atoms with van der Waals surface area (Å²) >= 11 is 9.94. The number of rotatable bonds is 1. The van der Waals surface area contributed by atoms with Crippen LogP contribution in [0.15, 0.2) is 24.3 Å². The molecule has 0 fully saturated rings. The first-order valence-corrected chi connectivity index (χ1v) is 5.46. The lowest BCUT2D eigenvalue weighted by Gasteiger charge is -2.38. The molecule has 0 N–H and O–H groups in total. The number of hydrogen-bond acceptors (Lipinski definition) is 0. The Hall–Kier alpha value is 0.250. The summed E-state index contributed by atoms with van der Waals surface area (Å²) in [4.78, 5) is 0.469. The molecule has 0 aromatic rings. The summed E-state index contributed by atoms with van der Waals surface area (Å²) < 4.78 is 0. The average Bonchev–Trinajstić information content (AvgIpc) is 2.02. The summed E-state index contributed by atoms with van der Waals surface area (Å²) in [5.41, 5.74) is 1.28. The Bertz CT molecular complexity index is 218. The van der Waals surface area contributed by atoms with Gasteiger partial charge < -0.3 is 0 Å². The van der Waals surface area contributed by atoms with Gasteiger partial charge in [-0.25, -0.2) is 0 Å². The molecule has 0 unspecified atom stereocenters. The van der Waals surface area contributed by atoms with Crippen LogP contribution in [0.2, 0.25) is 0 Å². The van der Waals surface area contributed by atoms with Crippen molar-refractivity contribution < 1.29 is 0 Å². The lowest BCUT2D eigenvalue weighted by molar-refractivity contribution is 0.348. The zero-order valence-corrected chi connectivity index (χ0v) is 9.82. The Balaban J connectivity index is 2.95. The minimum Gasteiger partial charge on any atom is -0.117 e. The minimum atomic E-state index is 0.0770. The molecule has 0 aromatic heterocycles. The van der Waals surface area contributed by atoms with E-state index in [1.807, 2.05) is 6.08 Å². The van der Waals surface area contributed by atoms with Crippen molar-refractivity contribution in [3.8, 4) is 0 Å². The first-order valence-electron chi connectivity index (χ1n) is 4.10. The Morgan fingerprint density at radius 3 is 2.83 bits per heavy atom. The van der Waals surface area contributed by atoms with Gasteiger partial charge in [-0.1, -0.05) is 48.5 Å². The van der Waals surface area contributed by atoms with E-state index in [0.29, 0.717) is 4.83 Å². The molecule has 1 rings (SSSR count). The molecule has 0 saturated carbocycles. The molecule has 0 aliphatic heterocycles. The van der Waals surface area contributed by atoms with Crippen LogP contribution < -0.4 is 0 Å². The largest absolute Gasteiger partial charge is 0.117 e. The average molecular weight is 250 g/mol. The van der Waals surface area contributed by atoms with Crippen LogP contribution in [0.25, 0.3) is 0 Å². The highest BCUT2D eigenvalue weighted by Gasteiger charge is 2.38. The van der Waals surface area contributed by atoms with Gasteiger partial charge >= 0.3 is 0 Å². The smallest absolute Gasteiger partial charge is 0.0643 e. The third-order valence-corrected chi connectivity index (χ3v) is 4.92. The molecule has 0 spiro atoms. The zero-order valence-electron chi connectivity index (χ0n) is 7.48. The predicted octanol–water partition coefficient (Wildman–Crippen LogP) is 3.90. The summed E-state index contributed by atoms with van der Waals surface area (Å²) in [6, 6.07) is 0. The quantitative estimate of drug-likeness (QED) is 0.618. The van der Waals surface area contributed by atoms with Crippen molar-refractivity contribution in [1.82, 2.24) is 0 Å². The van der Waals surface area contributed by atoms with Gasteiger partial charge in [0, 0.05) is 4.83 Å². The topological polar surface area (TPSA) is 0 Å². The number of allylic oxidation sites excluding steroid dienone is 3. The van der Waals surface area contributed by atoms with E-state index in [-0.39, 0.29) is 10.8 Å². The normalized spacial score (nSPS) is 34.2. The fraction of sp³-hybridized carbons (Fsp3) is 0.600. The van der Waals surface area contributed by atoms with Crippen LogP contribution in [0.4, 0.5) is 0 Å². The SMILES string of the molecule is C=CC1=CC[C@@H](Br)C(C)(C)[C@H]1Cl. The van der Waals surface area contributed by atoms with Crippen LogP contribution in [0, 0.1) is 5.41 Å². The second kappa shape index (κ2) is 3.55. The maximum Gasteiger partial charge on any atom is 0.0643 e. The van der Waals surface area contributed by atoms with Gasteiger partial charge in [-0.05, 0) is 17.4 Å². The molecule has 0 amide bonds. The van der Waals surface area contributed by atoms with Crippen molar-refractivity contribution in [2.24, 2.45) is 5.41 Å². The molecule has 1 aliphatic rings. The highest BCUT2D eigenvalue weighted by molar-refractivity contribution is 9.09. The van der Waals surface area contributed by atoms with E-state index >= 15 is 0 Å². The number of halogens is 2. The van der Waals surface area contributed by atoms with Crippen LogP contribution in [-0.4, -0.2) is 10.2 Å². The second-order valence-electron chi connectivity index (χ2n) is 3.80. The Labute approximate surface area is 87.8 Å². The summed E-state index contributed by atoms with van der Waals surface area (Å²) in [6.07, 6.45) is 5.06. The van der Waals surface area contributed by atoms with E-state index in [9.17, 15) is 0 Å². The van der Waals surface area contributed by atoms with Crippen molar-refractivity contribution >= 4 is 27.5 Å². The zero-order chi connectivity index (χ0) is 9.35. The molecule has 1 aliphatic carbocycles. The van der Waals surface area contributed by atoms with E-state index in [2.05, 4.69) is 42.4 Å². The Kier molecular flexibility index (Phi) is 3.06. The molecule has 0 aromatic carbocycles. The van der Waals surface area contributed by atoms with Crippen LogP contribution >= 0.6 is 27.5 Å². The molecule has 0 radical (unpaired) electrons. The molecular formula is C10H14BrCl. The molecule has 12 heavy (non-hydrogen) atoms. The van der Waals surface area contributed by atoms with Crippen molar-refractivity contribution in [1.29, 1.82) is 0 Å². The molecule has 2 atom stereocenters. The van der Waals surface area contributed by atoms with Crippen LogP contribution in [0.1, 0.15) is 20.3 Å². The fourth-order valence-electron chi connectivity index (χ4n) is 1.42. The standard InChI is InChI=1S/C10H14BrCl/c1-4-7-5-6-8(11)10(2,3)9(7)12/h4-5,8-9H,1,6H2,2-3H3/t8-,9+/m1/s1. The Morgan fingerprint density at radius 1 is 1.75 bits per heavy atom. The molecule has 0 saturated heterocycles. The van der Waals surface area contributed by atoms with Crippen molar-refractivity contribution in [2.45, 2.75) is 30.5 Å². The Morgan fingerprint density at radius 2 is 2.33 bits per heavy atom. The van der Waals surface area contributed by atoms with E-state index in [1.54, 1.807) is 0 Å². The van der Waals surface area contributed by atoms with Gasteiger partial charge in [0.15, 0.2) is 0 Å². The second-order valence-corrected chi connectivity index (χ2v) is 5.34. The molecule has 0 nitrogen and oxygen atoms in total. The molecule has 2 heteroatoms. The van der Waals surface area contributed by atoms with Gasteiger partial charge in [0.25, 0.3) is 0 Å². The predicted molar refractivity (Wildman–Crippen MR) is 59.0 cm³/mol. The fourth-order valence-corrected chi connectivity index (χ4v) is 2.36. The van der Waals surface area contributed by atoms with E-state index in [0.717, 1.165) is 12.0 Å². The van der Waals surface area contributed by atoms with Crippen LogP contribution in [0.3, 0.4) is 0 Å². The lowest BCUT2D eigenvalue weighted by atomic mass is 9.77. The summed E-state index contributed by atoms with van der Waals surface area (Å²) in [5.74, 6) is 0. The molecule has 68 valence electrons. The summed E-state index contributed by atoms with van der Waals surface area (Å²) in [5, 5.41) is 0.0770. The van der Waals surface area contributed by atoms with E-state index in [1.165, 1.54) is 0 Å². The van der Waals surface area contributed by atoms with E-state index in [4.69, 9.17) is 11.6 Å². The third kappa shape index (κ3) is 1.62. The monoisotopic (exact) mass is 248 g/mol. The number of hydrogen-bond donors (Lipinski definition) is 0. The van der Waals surface area contributed by atoms with Gasteiger partial charge in [-0.2, -0.15) is 0 Å². The van der Waals surface area contributed by atoms with Crippen molar-refractivity contribution in [3.63, 3.8) is 0 Å². The van der Waals surface area contributed by atoms with Crippen molar-refractivity contribution in [2.75, 3.05) is 0 Å². The van der Waals surface area contributed by atoms with Gasteiger partial charge in [0.1, 0.15) is 0 Å². The van der Waals surface area contributed by atoms with Gasteiger partial charge in [0.05, 0.1) is 5.38 Å².